The molecule has 1 fully saturated rings. The molecule has 25 heavy (non-hydrogen) atoms. The average Bonchev–Trinajstić information content (AvgIpc) is 2.60. The third-order valence-electron chi connectivity index (χ3n) is 3.86. The van der Waals surface area contributed by atoms with Crippen LogP contribution in [0, 0.1) is 0 Å². The number of phenolic OH excluding ortho intramolecular Hbond substituents is 1. The van der Waals surface area contributed by atoms with Crippen LogP contribution in [0.2, 0.25) is 0 Å². The maximum Gasteiger partial charge on any atom is 0.349 e. The van der Waals surface area contributed by atoms with Crippen LogP contribution in [0.3, 0.4) is 0 Å². The van der Waals surface area contributed by atoms with Gasteiger partial charge in [-0.15, -0.1) is 0 Å². The maximum absolute atomic E-state index is 12.4. The molecule has 0 spiro atoms. The highest BCUT2D eigenvalue weighted by Gasteiger charge is 2.43. The van der Waals surface area contributed by atoms with E-state index < -0.39 is 17.7 Å². The number of carbonyl (C=O) groups excluding carboxylic acids is 2. The Kier molecular flexibility index (Phi) is 4.19. The van der Waals surface area contributed by atoms with E-state index >= 15 is 0 Å². The molecule has 1 aliphatic heterocycles. The van der Waals surface area contributed by atoms with E-state index in [1.807, 2.05) is 0 Å². The number of cyclic esters (lactones) is 2. The summed E-state index contributed by atoms with van der Waals surface area (Å²) in [6.07, 6.45) is 1.22. The van der Waals surface area contributed by atoms with E-state index in [0.717, 1.165) is 0 Å². The van der Waals surface area contributed by atoms with Crippen LogP contribution in [-0.2, 0) is 24.8 Å². The Hall–Kier alpha value is -3.28. The molecule has 0 amide bonds. The summed E-state index contributed by atoms with van der Waals surface area (Å²) in [6, 6.07) is 13.4. The van der Waals surface area contributed by atoms with E-state index in [0.29, 0.717) is 5.56 Å². The van der Waals surface area contributed by atoms with E-state index in [1.165, 1.54) is 26.2 Å². The van der Waals surface area contributed by atoms with Crippen LogP contribution >= 0.6 is 0 Å². The zero-order valence-electron chi connectivity index (χ0n) is 13.7. The van der Waals surface area contributed by atoms with E-state index in [4.69, 9.17) is 14.2 Å². The average molecular weight is 340 g/mol. The van der Waals surface area contributed by atoms with Crippen molar-refractivity contribution in [1.29, 1.82) is 0 Å². The minimum Gasteiger partial charge on any atom is -0.504 e. The number of ether oxygens (including phenoxy) is 3. The van der Waals surface area contributed by atoms with Crippen molar-refractivity contribution in [3.63, 3.8) is 0 Å². The fourth-order valence-electron chi connectivity index (χ4n) is 2.52. The highest BCUT2D eigenvalue weighted by molar-refractivity contribution is 6.19. The highest BCUT2D eigenvalue weighted by Crippen LogP contribution is 2.35. The number of esters is 2. The molecule has 128 valence electrons. The van der Waals surface area contributed by atoms with Crippen LogP contribution in [0.15, 0.2) is 54.1 Å². The molecule has 1 N–H and O–H groups in total. The summed E-state index contributed by atoms with van der Waals surface area (Å²) in [7, 11) is 1.40. The SMILES string of the molecule is COc1cccc(C=C2C(=O)OC(C)(c3ccccc3)OC2=O)c1O. The maximum atomic E-state index is 12.4. The number of carbonyl (C=O) groups is 2. The number of methoxy groups -OCH3 is 1. The molecule has 0 saturated carbocycles. The minimum atomic E-state index is -1.50. The lowest BCUT2D eigenvalue weighted by Crippen LogP contribution is -2.42. The largest absolute Gasteiger partial charge is 0.504 e. The molecular weight excluding hydrogens is 324 g/mol. The van der Waals surface area contributed by atoms with Gasteiger partial charge in [-0.25, -0.2) is 9.59 Å². The van der Waals surface area contributed by atoms with Gasteiger partial charge in [0.25, 0.3) is 5.79 Å². The van der Waals surface area contributed by atoms with Gasteiger partial charge in [0.05, 0.1) is 7.11 Å². The highest BCUT2D eigenvalue weighted by atomic mass is 16.7. The third-order valence-corrected chi connectivity index (χ3v) is 3.86. The molecule has 1 saturated heterocycles. The first kappa shape index (κ1) is 16.6. The molecule has 1 heterocycles. The summed E-state index contributed by atoms with van der Waals surface area (Å²) < 4.78 is 15.7. The molecule has 0 unspecified atom stereocenters. The summed E-state index contributed by atoms with van der Waals surface area (Å²) in [4.78, 5) is 24.7. The number of benzene rings is 2. The van der Waals surface area contributed by atoms with Gasteiger partial charge in [-0.2, -0.15) is 0 Å². The summed E-state index contributed by atoms with van der Waals surface area (Å²) in [5.74, 6) is -3.12. The Bertz CT molecular complexity index is 833. The van der Waals surface area contributed by atoms with Gasteiger partial charge in [-0.05, 0) is 12.1 Å². The Labute approximate surface area is 144 Å². The zero-order chi connectivity index (χ0) is 18.0. The van der Waals surface area contributed by atoms with E-state index in [1.54, 1.807) is 42.5 Å². The molecule has 2 aromatic rings. The topological polar surface area (TPSA) is 82.1 Å². The summed E-state index contributed by atoms with van der Waals surface area (Å²) in [5, 5.41) is 10.1. The van der Waals surface area contributed by atoms with Gasteiger partial charge in [0.2, 0.25) is 0 Å². The van der Waals surface area contributed by atoms with Crippen LogP contribution in [-0.4, -0.2) is 24.2 Å². The fourth-order valence-corrected chi connectivity index (χ4v) is 2.52. The van der Waals surface area contributed by atoms with Crippen LogP contribution in [0.25, 0.3) is 6.08 Å². The molecule has 2 aromatic carbocycles. The van der Waals surface area contributed by atoms with Crippen LogP contribution < -0.4 is 4.74 Å². The van der Waals surface area contributed by atoms with Crippen molar-refractivity contribution in [2.75, 3.05) is 7.11 Å². The van der Waals surface area contributed by atoms with Crippen molar-refractivity contribution in [3.8, 4) is 11.5 Å². The van der Waals surface area contributed by atoms with Crippen LogP contribution in [0.1, 0.15) is 18.1 Å². The lowest BCUT2D eigenvalue weighted by molar-refractivity contribution is -0.233. The monoisotopic (exact) mass is 340 g/mol. The number of hydrogen-bond donors (Lipinski definition) is 1. The molecule has 0 aromatic heterocycles. The summed E-state index contributed by atoms with van der Waals surface area (Å²) >= 11 is 0. The smallest absolute Gasteiger partial charge is 0.349 e. The van der Waals surface area contributed by atoms with Gasteiger partial charge in [-0.1, -0.05) is 42.5 Å². The van der Waals surface area contributed by atoms with Crippen molar-refractivity contribution < 1.29 is 28.9 Å². The third kappa shape index (κ3) is 3.06. The van der Waals surface area contributed by atoms with E-state index in [9.17, 15) is 14.7 Å². The van der Waals surface area contributed by atoms with Crippen molar-refractivity contribution in [1.82, 2.24) is 0 Å². The molecule has 0 aliphatic carbocycles. The second kappa shape index (κ2) is 6.32. The standard InChI is InChI=1S/C19H16O6/c1-19(13-8-4-3-5-9-13)24-17(21)14(18(22)25-19)11-12-7-6-10-15(23-2)16(12)20/h3-11,20H,1-2H3. The number of rotatable bonds is 3. The molecule has 3 rings (SSSR count). The van der Waals surface area contributed by atoms with Gasteiger partial charge in [-0.3, -0.25) is 0 Å². The second-order valence-corrected chi connectivity index (χ2v) is 5.55. The molecular formula is C19H16O6. The van der Waals surface area contributed by atoms with E-state index in [-0.39, 0.29) is 22.6 Å². The van der Waals surface area contributed by atoms with Gasteiger partial charge >= 0.3 is 11.9 Å². The van der Waals surface area contributed by atoms with Gasteiger partial charge < -0.3 is 19.3 Å². The van der Waals surface area contributed by atoms with E-state index in [2.05, 4.69) is 0 Å². The lowest BCUT2D eigenvalue weighted by Gasteiger charge is -2.33. The number of phenols is 1. The normalized spacial score (nSPS) is 19.8. The zero-order valence-corrected chi connectivity index (χ0v) is 13.7. The first-order chi connectivity index (χ1) is 11.9. The molecule has 6 heteroatoms. The van der Waals surface area contributed by atoms with Gasteiger partial charge in [0, 0.05) is 18.1 Å². The molecule has 0 radical (unpaired) electrons. The predicted molar refractivity (Wildman–Crippen MR) is 88.6 cm³/mol. The van der Waals surface area contributed by atoms with Crippen molar-refractivity contribution >= 4 is 18.0 Å². The van der Waals surface area contributed by atoms with Crippen molar-refractivity contribution in [2.24, 2.45) is 0 Å². The van der Waals surface area contributed by atoms with Crippen LogP contribution in [0.4, 0.5) is 0 Å². The fraction of sp³-hybridized carbons (Fsp3) is 0.158. The predicted octanol–water partition coefficient (Wildman–Crippen LogP) is 2.76. The molecule has 6 nitrogen and oxygen atoms in total. The summed E-state index contributed by atoms with van der Waals surface area (Å²) in [5.41, 5.74) is 0.475. The van der Waals surface area contributed by atoms with Crippen molar-refractivity contribution in [3.05, 3.63) is 65.2 Å². The number of para-hydroxylation sites is 1. The molecule has 1 aliphatic rings. The van der Waals surface area contributed by atoms with Gasteiger partial charge in [0.15, 0.2) is 11.5 Å². The summed E-state index contributed by atoms with van der Waals surface area (Å²) in [6.45, 7) is 1.50. The Morgan fingerprint density at radius 1 is 1.00 bits per heavy atom. The second-order valence-electron chi connectivity index (χ2n) is 5.55. The first-order valence-corrected chi connectivity index (χ1v) is 7.54. The number of hydrogen-bond acceptors (Lipinski definition) is 6. The Morgan fingerprint density at radius 2 is 1.64 bits per heavy atom. The molecule has 0 bridgehead atoms. The molecule has 0 atom stereocenters. The minimum absolute atomic E-state index is 0.186. The number of aromatic hydroxyl groups is 1. The Balaban J connectivity index is 1.94. The quantitative estimate of drug-likeness (QED) is 0.526. The first-order valence-electron chi connectivity index (χ1n) is 7.54. The van der Waals surface area contributed by atoms with Gasteiger partial charge in [0.1, 0.15) is 5.57 Å². The Morgan fingerprint density at radius 3 is 2.24 bits per heavy atom. The van der Waals surface area contributed by atoms with Crippen LogP contribution in [0.5, 0.6) is 11.5 Å². The van der Waals surface area contributed by atoms with Crippen molar-refractivity contribution in [2.45, 2.75) is 12.7 Å². The lowest BCUT2D eigenvalue weighted by atomic mass is 10.0.